The van der Waals surface area contributed by atoms with Gasteiger partial charge in [0.05, 0.1) is 0 Å². The molecule has 0 radical (unpaired) electrons. The standard InChI is InChI=1S/C14H11FN2OS/c15-11-7-10(16)6-5-9(11)8-19-14-17-12-3-1-2-4-13(12)18-14/h1-7H,8,16H2. The van der Waals surface area contributed by atoms with E-state index in [1.165, 1.54) is 17.8 Å². The van der Waals surface area contributed by atoms with Gasteiger partial charge in [0, 0.05) is 11.4 Å². The van der Waals surface area contributed by atoms with Crippen LogP contribution in [0.4, 0.5) is 10.1 Å². The van der Waals surface area contributed by atoms with Gasteiger partial charge >= 0.3 is 0 Å². The number of thioether (sulfide) groups is 1. The van der Waals surface area contributed by atoms with Gasteiger partial charge in [-0.2, -0.15) is 0 Å². The van der Waals surface area contributed by atoms with Gasteiger partial charge in [-0.25, -0.2) is 9.37 Å². The number of oxazole rings is 1. The fraction of sp³-hybridized carbons (Fsp3) is 0.0714. The number of hydrogen-bond donors (Lipinski definition) is 1. The number of nitrogens with zero attached hydrogens (tertiary/aromatic N) is 1. The molecule has 0 aliphatic carbocycles. The molecule has 0 spiro atoms. The highest BCUT2D eigenvalue weighted by atomic mass is 32.2. The van der Waals surface area contributed by atoms with Crippen LogP contribution in [0.1, 0.15) is 5.56 Å². The van der Waals surface area contributed by atoms with Crippen LogP contribution in [-0.4, -0.2) is 4.98 Å². The van der Waals surface area contributed by atoms with Crippen LogP contribution in [-0.2, 0) is 5.75 Å². The predicted molar refractivity (Wildman–Crippen MR) is 74.4 cm³/mol. The van der Waals surface area contributed by atoms with Crippen LogP contribution in [0.25, 0.3) is 11.1 Å². The van der Waals surface area contributed by atoms with Gasteiger partial charge in [-0.3, -0.25) is 0 Å². The zero-order valence-corrected chi connectivity index (χ0v) is 10.8. The lowest BCUT2D eigenvalue weighted by atomic mass is 10.2. The molecule has 0 atom stereocenters. The summed E-state index contributed by atoms with van der Waals surface area (Å²) in [6, 6.07) is 12.2. The number of nitrogens with two attached hydrogens (primary N) is 1. The molecule has 96 valence electrons. The molecule has 2 N–H and O–H groups in total. The zero-order valence-electron chi connectivity index (χ0n) is 9.97. The smallest absolute Gasteiger partial charge is 0.257 e. The summed E-state index contributed by atoms with van der Waals surface area (Å²) in [6.45, 7) is 0. The molecule has 3 rings (SSSR count). The first-order valence-corrected chi connectivity index (χ1v) is 6.73. The Morgan fingerprint density at radius 2 is 2.05 bits per heavy atom. The second-order valence-electron chi connectivity index (χ2n) is 4.09. The average Bonchev–Trinajstić information content (AvgIpc) is 2.80. The van der Waals surface area contributed by atoms with Gasteiger partial charge in [-0.1, -0.05) is 30.0 Å². The fourth-order valence-electron chi connectivity index (χ4n) is 1.73. The lowest BCUT2D eigenvalue weighted by Crippen LogP contribution is -1.91. The van der Waals surface area contributed by atoms with Crippen LogP contribution in [0.15, 0.2) is 52.1 Å². The highest BCUT2D eigenvalue weighted by molar-refractivity contribution is 7.98. The number of para-hydroxylation sites is 2. The minimum Gasteiger partial charge on any atom is -0.431 e. The zero-order chi connectivity index (χ0) is 13.2. The van der Waals surface area contributed by atoms with E-state index < -0.39 is 0 Å². The second kappa shape index (κ2) is 4.93. The Hall–Kier alpha value is -2.01. The van der Waals surface area contributed by atoms with E-state index in [-0.39, 0.29) is 5.82 Å². The van der Waals surface area contributed by atoms with E-state index in [1.807, 2.05) is 24.3 Å². The predicted octanol–water partition coefficient (Wildman–Crippen LogP) is 3.84. The number of fused-ring (bicyclic) bond motifs is 1. The van der Waals surface area contributed by atoms with Crippen LogP contribution in [0.5, 0.6) is 0 Å². The van der Waals surface area contributed by atoms with E-state index in [2.05, 4.69) is 4.98 Å². The van der Waals surface area contributed by atoms with E-state index >= 15 is 0 Å². The molecule has 0 saturated carbocycles. The van der Waals surface area contributed by atoms with Crippen molar-refractivity contribution in [1.82, 2.24) is 4.98 Å². The minimum absolute atomic E-state index is 0.302. The third kappa shape index (κ3) is 2.56. The summed E-state index contributed by atoms with van der Waals surface area (Å²) in [4.78, 5) is 4.32. The third-order valence-corrected chi connectivity index (χ3v) is 3.58. The van der Waals surface area contributed by atoms with Crippen molar-refractivity contribution < 1.29 is 8.81 Å². The molecule has 0 saturated heterocycles. The summed E-state index contributed by atoms with van der Waals surface area (Å²) in [6.07, 6.45) is 0. The van der Waals surface area contributed by atoms with E-state index in [0.29, 0.717) is 22.2 Å². The van der Waals surface area contributed by atoms with Gasteiger partial charge in [0.1, 0.15) is 11.3 Å². The largest absolute Gasteiger partial charge is 0.431 e. The Labute approximate surface area is 113 Å². The van der Waals surface area contributed by atoms with Crippen LogP contribution in [0.3, 0.4) is 0 Å². The molecule has 1 aromatic heterocycles. The van der Waals surface area contributed by atoms with E-state index in [1.54, 1.807) is 12.1 Å². The Bertz CT molecular complexity index is 693. The maximum Gasteiger partial charge on any atom is 0.257 e. The van der Waals surface area contributed by atoms with Crippen molar-refractivity contribution in [3.05, 3.63) is 53.8 Å². The first-order chi connectivity index (χ1) is 9.22. The van der Waals surface area contributed by atoms with Crippen LogP contribution < -0.4 is 5.73 Å². The maximum atomic E-state index is 13.6. The first-order valence-electron chi connectivity index (χ1n) is 5.74. The minimum atomic E-state index is -0.302. The molecule has 2 aromatic carbocycles. The molecule has 19 heavy (non-hydrogen) atoms. The first kappa shape index (κ1) is 12.0. The molecule has 5 heteroatoms. The number of anilines is 1. The van der Waals surface area contributed by atoms with E-state index in [4.69, 9.17) is 10.2 Å². The molecule has 0 amide bonds. The summed E-state index contributed by atoms with van der Waals surface area (Å²) in [5.41, 5.74) is 8.06. The number of aromatic nitrogens is 1. The van der Waals surface area contributed by atoms with Gasteiger partial charge in [0.15, 0.2) is 5.58 Å². The number of hydrogen-bond acceptors (Lipinski definition) is 4. The van der Waals surface area contributed by atoms with Crippen molar-refractivity contribution in [2.24, 2.45) is 0 Å². The summed E-state index contributed by atoms with van der Waals surface area (Å²) in [5.74, 6) is 0.155. The molecular weight excluding hydrogens is 263 g/mol. The van der Waals surface area contributed by atoms with Crippen molar-refractivity contribution in [1.29, 1.82) is 0 Å². The van der Waals surface area contributed by atoms with Crippen molar-refractivity contribution in [3.8, 4) is 0 Å². The summed E-state index contributed by atoms with van der Waals surface area (Å²) in [5, 5.41) is 0.539. The lowest BCUT2D eigenvalue weighted by Gasteiger charge is -2.01. The highest BCUT2D eigenvalue weighted by Gasteiger charge is 2.08. The van der Waals surface area contributed by atoms with Crippen molar-refractivity contribution >= 4 is 28.5 Å². The van der Waals surface area contributed by atoms with E-state index in [0.717, 1.165) is 11.1 Å². The molecular formula is C14H11FN2OS. The number of rotatable bonds is 3. The Morgan fingerprint density at radius 1 is 1.21 bits per heavy atom. The summed E-state index contributed by atoms with van der Waals surface area (Å²) < 4.78 is 19.2. The fourth-order valence-corrected chi connectivity index (χ4v) is 2.56. The average molecular weight is 274 g/mol. The topological polar surface area (TPSA) is 52.0 Å². The normalized spacial score (nSPS) is 11.0. The number of nitrogen functional groups attached to an aromatic ring is 1. The Morgan fingerprint density at radius 3 is 2.84 bits per heavy atom. The van der Waals surface area contributed by atoms with E-state index in [9.17, 15) is 4.39 Å². The van der Waals surface area contributed by atoms with Gasteiger partial charge in [0.25, 0.3) is 5.22 Å². The molecule has 0 aliphatic heterocycles. The molecule has 3 nitrogen and oxygen atoms in total. The third-order valence-electron chi connectivity index (χ3n) is 2.70. The molecule has 0 unspecified atom stereocenters. The molecule has 0 aliphatic rings. The van der Waals surface area contributed by atoms with Crippen LogP contribution in [0.2, 0.25) is 0 Å². The molecule has 3 aromatic rings. The Kier molecular flexibility index (Phi) is 3.13. The summed E-state index contributed by atoms with van der Waals surface area (Å²) in [7, 11) is 0. The maximum absolute atomic E-state index is 13.6. The monoisotopic (exact) mass is 274 g/mol. The van der Waals surface area contributed by atoms with Crippen LogP contribution in [0, 0.1) is 5.82 Å². The molecule has 0 bridgehead atoms. The van der Waals surface area contributed by atoms with Crippen LogP contribution >= 0.6 is 11.8 Å². The highest BCUT2D eigenvalue weighted by Crippen LogP contribution is 2.27. The quantitative estimate of drug-likeness (QED) is 0.582. The number of benzene rings is 2. The van der Waals surface area contributed by atoms with Gasteiger partial charge in [-0.05, 0) is 29.8 Å². The number of halogens is 1. The van der Waals surface area contributed by atoms with Gasteiger partial charge in [0.2, 0.25) is 0 Å². The second-order valence-corrected chi connectivity index (χ2v) is 5.01. The lowest BCUT2D eigenvalue weighted by molar-refractivity contribution is 0.489. The van der Waals surface area contributed by atoms with Gasteiger partial charge < -0.3 is 10.2 Å². The molecule has 0 fully saturated rings. The van der Waals surface area contributed by atoms with Crippen molar-refractivity contribution in [2.45, 2.75) is 11.0 Å². The SMILES string of the molecule is Nc1ccc(CSc2nc3ccccc3o2)c(F)c1. The van der Waals surface area contributed by atoms with Crippen molar-refractivity contribution in [2.75, 3.05) is 5.73 Å². The summed E-state index contributed by atoms with van der Waals surface area (Å²) >= 11 is 1.36. The van der Waals surface area contributed by atoms with Gasteiger partial charge in [-0.15, -0.1) is 0 Å². The van der Waals surface area contributed by atoms with Crippen molar-refractivity contribution in [3.63, 3.8) is 0 Å². The molecule has 1 heterocycles. The Balaban J connectivity index is 1.78.